The Morgan fingerprint density at radius 3 is 2.77 bits per heavy atom. The van der Waals surface area contributed by atoms with Crippen LogP contribution in [0.5, 0.6) is 0 Å². The molecule has 2 nitrogen and oxygen atoms in total. The first-order valence-electron chi connectivity index (χ1n) is 4.82. The number of nitrogens with two attached hydrogens (primary N) is 1. The van der Waals surface area contributed by atoms with Crippen LogP contribution in [0, 0.1) is 5.92 Å². The summed E-state index contributed by atoms with van der Waals surface area (Å²) in [5.41, 5.74) is 5.32. The van der Waals surface area contributed by atoms with Crippen molar-refractivity contribution in [1.82, 2.24) is 4.90 Å². The number of hydrogen-bond donors (Lipinski definition) is 1. The van der Waals surface area contributed by atoms with E-state index in [1.165, 1.54) is 0 Å². The van der Waals surface area contributed by atoms with Crippen molar-refractivity contribution in [3.63, 3.8) is 0 Å². The Labute approximate surface area is 78.1 Å². The smallest absolute Gasteiger partial charge is 0.252 e. The molecule has 0 aromatic carbocycles. The molecule has 0 aromatic heterocycles. The summed E-state index contributed by atoms with van der Waals surface area (Å²) in [5, 5.41) is 0. The fraction of sp³-hybridized carbons (Fsp3) is 1.00. The molecule has 1 heterocycles. The van der Waals surface area contributed by atoms with Gasteiger partial charge in [-0.15, -0.1) is 0 Å². The molecular formula is C9H18F2N2. The van der Waals surface area contributed by atoms with Crippen molar-refractivity contribution >= 4 is 0 Å². The summed E-state index contributed by atoms with van der Waals surface area (Å²) >= 11 is 0. The highest BCUT2D eigenvalue weighted by Crippen LogP contribution is 2.35. The number of likely N-dealkylation sites (tertiary alicyclic amines) is 1. The van der Waals surface area contributed by atoms with E-state index in [2.05, 4.69) is 0 Å². The molecule has 0 radical (unpaired) electrons. The predicted molar refractivity (Wildman–Crippen MR) is 48.8 cm³/mol. The lowest BCUT2D eigenvalue weighted by atomic mass is 9.93. The molecular weight excluding hydrogens is 174 g/mol. The summed E-state index contributed by atoms with van der Waals surface area (Å²) in [4.78, 5) is 1.96. The van der Waals surface area contributed by atoms with E-state index in [0.717, 1.165) is 6.54 Å². The molecule has 0 aromatic rings. The minimum absolute atomic E-state index is 0.0197. The predicted octanol–water partition coefficient (Wildman–Crippen LogP) is 1.31. The van der Waals surface area contributed by atoms with Crippen molar-refractivity contribution in [3.8, 4) is 0 Å². The van der Waals surface area contributed by atoms with E-state index in [0.29, 0.717) is 25.9 Å². The van der Waals surface area contributed by atoms with Crippen LogP contribution in [-0.4, -0.2) is 37.5 Å². The highest BCUT2D eigenvalue weighted by Gasteiger charge is 2.40. The Bertz CT molecular complexity index is 162. The van der Waals surface area contributed by atoms with Crippen molar-refractivity contribution in [2.24, 2.45) is 11.7 Å². The quantitative estimate of drug-likeness (QED) is 0.714. The lowest BCUT2D eigenvalue weighted by Crippen LogP contribution is -2.30. The molecule has 1 aliphatic rings. The van der Waals surface area contributed by atoms with Gasteiger partial charge in [0.15, 0.2) is 0 Å². The summed E-state index contributed by atoms with van der Waals surface area (Å²) in [6.45, 7) is 1.62. The first-order chi connectivity index (χ1) is 6.06. The zero-order chi connectivity index (χ0) is 9.90. The second kappa shape index (κ2) is 4.33. The van der Waals surface area contributed by atoms with Crippen molar-refractivity contribution in [3.05, 3.63) is 0 Å². The minimum atomic E-state index is -2.51. The molecule has 0 bridgehead atoms. The third-order valence-corrected chi connectivity index (χ3v) is 2.80. The molecule has 13 heavy (non-hydrogen) atoms. The second-order valence-electron chi connectivity index (χ2n) is 3.88. The number of hydrogen-bond acceptors (Lipinski definition) is 2. The van der Waals surface area contributed by atoms with Crippen LogP contribution in [0.25, 0.3) is 0 Å². The van der Waals surface area contributed by atoms with Gasteiger partial charge in [0.25, 0.3) is 5.92 Å². The molecule has 1 fully saturated rings. The maximum absolute atomic E-state index is 13.4. The van der Waals surface area contributed by atoms with E-state index < -0.39 is 11.8 Å². The van der Waals surface area contributed by atoms with E-state index in [1.807, 2.05) is 11.9 Å². The van der Waals surface area contributed by atoms with E-state index in [4.69, 9.17) is 5.73 Å². The van der Waals surface area contributed by atoms with Gasteiger partial charge in [-0.2, -0.15) is 0 Å². The zero-order valence-corrected chi connectivity index (χ0v) is 8.10. The molecule has 1 aliphatic heterocycles. The fourth-order valence-corrected chi connectivity index (χ4v) is 1.80. The molecule has 2 N–H and O–H groups in total. The molecule has 1 saturated heterocycles. The molecule has 78 valence electrons. The van der Waals surface area contributed by atoms with Crippen LogP contribution in [0.2, 0.25) is 0 Å². The lowest BCUT2D eigenvalue weighted by Gasteiger charge is -2.23. The van der Waals surface area contributed by atoms with Gasteiger partial charge >= 0.3 is 0 Å². The standard InChI is InChI=1S/C9H18F2N2/c1-13-6-3-8(2-5-12)9(10,11)4-7-13/h8H,2-7,12H2,1H3. The minimum Gasteiger partial charge on any atom is -0.330 e. The second-order valence-corrected chi connectivity index (χ2v) is 3.88. The van der Waals surface area contributed by atoms with E-state index in [1.54, 1.807) is 0 Å². The van der Waals surface area contributed by atoms with Gasteiger partial charge in [0.05, 0.1) is 0 Å². The third kappa shape index (κ3) is 2.88. The van der Waals surface area contributed by atoms with Crippen LogP contribution in [0.3, 0.4) is 0 Å². The Hall–Kier alpha value is -0.220. The molecule has 0 amide bonds. The van der Waals surface area contributed by atoms with Crippen molar-refractivity contribution in [2.75, 3.05) is 26.7 Å². The average Bonchev–Trinajstić information content (AvgIpc) is 2.18. The van der Waals surface area contributed by atoms with Crippen LogP contribution >= 0.6 is 0 Å². The van der Waals surface area contributed by atoms with E-state index >= 15 is 0 Å². The summed E-state index contributed by atoms with van der Waals surface area (Å²) in [7, 11) is 1.89. The fourth-order valence-electron chi connectivity index (χ4n) is 1.80. The molecule has 4 heteroatoms. The van der Waals surface area contributed by atoms with Crippen LogP contribution in [0.4, 0.5) is 8.78 Å². The Kier molecular flexibility index (Phi) is 3.62. The summed E-state index contributed by atoms with van der Waals surface area (Å²) in [5.74, 6) is -3.02. The van der Waals surface area contributed by atoms with Crippen LogP contribution in [-0.2, 0) is 0 Å². The molecule has 0 saturated carbocycles. The van der Waals surface area contributed by atoms with Crippen molar-refractivity contribution in [1.29, 1.82) is 0 Å². The summed E-state index contributed by atoms with van der Waals surface area (Å²) < 4.78 is 26.8. The van der Waals surface area contributed by atoms with Gasteiger partial charge in [0, 0.05) is 18.9 Å². The largest absolute Gasteiger partial charge is 0.330 e. The molecule has 1 atom stereocenters. The van der Waals surface area contributed by atoms with Gasteiger partial charge in [0.1, 0.15) is 0 Å². The van der Waals surface area contributed by atoms with Gasteiger partial charge in [0.2, 0.25) is 0 Å². The topological polar surface area (TPSA) is 29.3 Å². The van der Waals surface area contributed by atoms with Crippen molar-refractivity contribution < 1.29 is 8.78 Å². The zero-order valence-electron chi connectivity index (χ0n) is 8.10. The molecule has 0 aliphatic carbocycles. The summed E-state index contributed by atoms with van der Waals surface area (Å²) in [6.07, 6.45) is 0.996. The van der Waals surface area contributed by atoms with E-state index in [-0.39, 0.29) is 6.42 Å². The third-order valence-electron chi connectivity index (χ3n) is 2.80. The first-order valence-corrected chi connectivity index (χ1v) is 4.82. The summed E-state index contributed by atoms with van der Waals surface area (Å²) in [6, 6.07) is 0. The van der Waals surface area contributed by atoms with Crippen LogP contribution < -0.4 is 5.73 Å². The highest BCUT2D eigenvalue weighted by atomic mass is 19.3. The Balaban J connectivity index is 2.57. The SMILES string of the molecule is CN1CCC(CCN)C(F)(F)CC1. The maximum Gasteiger partial charge on any atom is 0.252 e. The molecule has 1 rings (SSSR count). The highest BCUT2D eigenvalue weighted by molar-refractivity contribution is 4.82. The van der Waals surface area contributed by atoms with Gasteiger partial charge < -0.3 is 10.6 Å². The lowest BCUT2D eigenvalue weighted by molar-refractivity contribution is -0.0630. The number of alkyl halides is 2. The van der Waals surface area contributed by atoms with Gasteiger partial charge in [-0.25, -0.2) is 8.78 Å². The van der Waals surface area contributed by atoms with Gasteiger partial charge in [-0.3, -0.25) is 0 Å². The number of halogens is 2. The molecule has 1 unspecified atom stereocenters. The number of rotatable bonds is 2. The number of nitrogens with zero attached hydrogens (tertiary/aromatic N) is 1. The van der Waals surface area contributed by atoms with Crippen LogP contribution in [0.15, 0.2) is 0 Å². The van der Waals surface area contributed by atoms with Crippen LogP contribution in [0.1, 0.15) is 19.3 Å². The van der Waals surface area contributed by atoms with Crippen molar-refractivity contribution in [2.45, 2.75) is 25.2 Å². The normalized spacial score (nSPS) is 30.0. The monoisotopic (exact) mass is 192 g/mol. The maximum atomic E-state index is 13.4. The molecule has 0 spiro atoms. The first kappa shape index (κ1) is 10.9. The Morgan fingerprint density at radius 2 is 2.15 bits per heavy atom. The van der Waals surface area contributed by atoms with Gasteiger partial charge in [-0.1, -0.05) is 0 Å². The van der Waals surface area contributed by atoms with Gasteiger partial charge in [-0.05, 0) is 33.0 Å². The van der Waals surface area contributed by atoms with E-state index in [9.17, 15) is 8.78 Å². The Morgan fingerprint density at radius 1 is 1.46 bits per heavy atom. The average molecular weight is 192 g/mol.